The second kappa shape index (κ2) is 11.6. The van der Waals surface area contributed by atoms with Gasteiger partial charge in [0.1, 0.15) is 5.52 Å². The summed E-state index contributed by atoms with van der Waals surface area (Å²) in [5.41, 5.74) is 5.02. The third-order valence-electron chi connectivity index (χ3n) is 5.48. The number of ether oxygens (including phenoxy) is 2. The number of nitrogens with one attached hydrogen (secondary N) is 1. The Hall–Kier alpha value is -4.63. The van der Waals surface area contributed by atoms with Crippen molar-refractivity contribution in [3.63, 3.8) is 0 Å². The molecule has 0 fully saturated rings. The maximum Gasteiger partial charge on any atom is 0.344 e. The highest BCUT2D eigenvalue weighted by molar-refractivity contribution is 7.99. The number of rotatable bonds is 9. The Morgan fingerprint density at radius 3 is 2.68 bits per heavy atom. The summed E-state index contributed by atoms with van der Waals surface area (Å²) in [4.78, 5) is 29.5. The fraction of sp³-hybridized carbons (Fsp3) is 0.103. The van der Waals surface area contributed by atoms with Crippen LogP contribution in [0.4, 0.5) is 0 Å². The van der Waals surface area contributed by atoms with Crippen LogP contribution in [0.25, 0.3) is 21.9 Å². The van der Waals surface area contributed by atoms with Crippen LogP contribution in [0.3, 0.4) is 0 Å². The molecule has 0 aliphatic rings. The Labute approximate surface area is 222 Å². The van der Waals surface area contributed by atoms with Gasteiger partial charge in [-0.25, -0.2) is 15.2 Å². The number of amides is 1. The Morgan fingerprint density at radius 2 is 1.82 bits per heavy atom. The number of benzene rings is 4. The van der Waals surface area contributed by atoms with E-state index in [9.17, 15) is 9.59 Å². The molecule has 5 rings (SSSR count). The highest BCUT2D eigenvalue weighted by atomic mass is 32.2. The lowest BCUT2D eigenvalue weighted by molar-refractivity contribution is -0.118. The van der Waals surface area contributed by atoms with Crippen LogP contribution < -0.4 is 14.9 Å². The Bertz CT molecular complexity index is 1610. The van der Waals surface area contributed by atoms with Gasteiger partial charge in [0.25, 0.3) is 11.1 Å². The molecule has 0 aliphatic heterocycles. The molecule has 190 valence electrons. The molecule has 0 atom stereocenters. The van der Waals surface area contributed by atoms with Gasteiger partial charge in [-0.2, -0.15) is 5.10 Å². The van der Waals surface area contributed by atoms with E-state index < -0.39 is 5.97 Å². The van der Waals surface area contributed by atoms with E-state index in [4.69, 9.17) is 13.9 Å². The molecule has 38 heavy (non-hydrogen) atoms. The average Bonchev–Trinajstić information content (AvgIpc) is 3.36. The maximum atomic E-state index is 13.0. The van der Waals surface area contributed by atoms with E-state index in [1.54, 1.807) is 24.3 Å². The van der Waals surface area contributed by atoms with E-state index in [0.717, 1.165) is 16.3 Å². The quantitative estimate of drug-likeness (QED) is 0.0848. The van der Waals surface area contributed by atoms with Gasteiger partial charge in [0.15, 0.2) is 17.1 Å². The van der Waals surface area contributed by atoms with Crippen molar-refractivity contribution >= 4 is 51.7 Å². The highest BCUT2D eigenvalue weighted by Gasteiger charge is 2.16. The summed E-state index contributed by atoms with van der Waals surface area (Å²) in [6, 6.07) is 25.6. The van der Waals surface area contributed by atoms with Crippen LogP contribution in [0.5, 0.6) is 11.5 Å². The SMILES string of the molecule is CCOc1cc(/C=N\NC(=O)CSc2nc3ccccc3o2)ccc1OC(=O)c1cccc2ccccc12. The molecule has 0 radical (unpaired) electrons. The molecule has 1 N–H and O–H groups in total. The van der Waals surface area contributed by atoms with Crippen LogP contribution >= 0.6 is 11.8 Å². The van der Waals surface area contributed by atoms with Crippen molar-refractivity contribution in [3.05, 3.63) is 96.1 Å². The number of para-hydroxylation sites is 2. The fourth-order valence-corrected chi connectivity index (χ4v) is 4.40. The number of hydrogen-bond acceptors (Lipinski definition) is 8. The molecule has 1 heterocycles. The Morgan fingerprint density at radius 1 is 1.00 bits per heavy atom. The molecule has 4 aromatic carbocycles. The summed E-state index contributed by atoms with van der Waals surface area (Å²) < 4.78 is 17.0. The van der Waals surface area contributed by atoms with Crippen LogP contribution in [-0.2, 0) is 4.79 Å². The van der Waals surface area contributed by atoms with Crippen LogP contribution in [-0.4, -0.2) is 35.4 Å². The molecule has 0 saturated heterocycles. The number of esters is 1. The Balaban J connectivity index is 1.21. The van der Waals surface area contributed by atoms with Gasteiger partial charge in [-0.15, -0.1) is 0 Å². The number of oxazole rings is 1. The smallest absolute Gasteiger partial charge is 0.344 e. The van der Waals surface area contributed by atoms with Gasteiger partial charge < -0.3 is 13.9 Å². The molecule has 0 aliphatic carbocycles. The maximum absolute atomic E-state index is 13.0. The van der Waals surface area contributed by atoms with Gasteiger partial charge in [-0.05, 0) is 59.7 Å². The zero-order valence-electron chi connectivity index (χ0n) is 20.4. The summed E-state index contributed by atoms with van der Waals surface area (Å²) >= 11 is 1.18. The normalized spacial score (nSPS) is 11.2. The molecule has 5 aromatic rings. The topological polar surface area (TPSA) is 103 Å². The molecule has 0 bridgehead atoms. The number of hydrazone groups is 1. The van der Waals surface area contributed by atoms with Gasteiger partial charge in [0.05, 0.1) is 24.1 Å². The summed E-state index contributed by atoms with van der Waals surface area (Å²) in [5, 5.41) is 6.20. The van der Waals surface area contributed by atoms with Gasteiger partial charge >= 0.3 is 5.97 Å². The van der Waals surface area contributed by atoms with Crippen molar-refractivity contribution in [2.24, 2.45) is 5.10 Å². The Kier molecular flexibility index (Phi) is 7.65. The van der Waals surface area contributed by atoms with Crippen molar-refractivity contribution in [3.8, 4) is 11.5 Å². The predicted molar refractivity (Wildman–Crippen MR) is 147 cm³/mol. The van der Waals surface area contributed by atoms with E-state index in [0.29, 0.717) is 40.0 Å². The molecule has 0 unspecified atom stereocenters. The van der Waals surface area contributed by atoms with E-state index in [-0.39, 0.29) is 11.7 Å². The van der Waals surface area contributed by atoms with Crippen molar-refractivity contribution in [1.82, 2.24) is 10.4 Å². The summed E-state index contributed by atoms with van der Waals surface area (Å²) in [6.07, 6.45) is 1.49. The summed E-state index contributed by atoms with van der Waals surface area (Å²) in [6.45, 7) is 2.22. The van der Waals surface area contributed by atoms with Crippen molar-refractivity contribution in [2.75, 3.05) is 12.4 Å². The first kappa shape index (κ1) is 25.0. The zero-order chi connectivity index (χ0) is 26.3. The lowest BCUT2D eigenvalue weighted by Gasteiger charge is -2.12. The third kappa shape index (κ3) is 5.84. The number of nitrogens with zero attached hydrogens (tertiary/aromatic N) is 2. The van der Waals surface area contributed by atoms with Crippen LogP contribution in [0.1, 0.15) is 22.8 Å². The lowest BCUT2D eigenvalue weighted by atomic mass is 10.0. The zero-order valence-corrected chi connectivity index (χ0v) is 21.2. The predicted octanol–water partition coefficient (Wildman–Crippen LogP) is 5.84. The van der Waals surface area contributed by atoms with Crippen LogP contribution in [0, 0.1) is 0 Å². The first-order chi connectivity index (χ1) is 18.6. The molecule has 1 amide bonds. The molecule has 8 nitrogen and oxygen atoms in total. The monoisotopic (exact) mass is 525 g/mol. The average molecular weight is 526 g/mol. The minimum atomic E-state index is -0.479. The van der Waals surface area contributed by atoms with Gasteiger partial charge in [0, 0.05) is 0 Å². The van der Waals surface area contributed by atoms with E-state index >= 15 is 0 Å². The minimum absolute atomic E-state index is 0.0947. The molecule has 1 aromatic heterocycles. The van der Waals surface area contributed by atoms with E-state index in [2.05, 4.69) is 15.5 Å². The standard InChI is InChI=1S/C29H23N3O5S/c1-2-35-26-16-19(17-30-32-27(33)18-38-29-31-23-12-5-6-13-24(23)37-29)14-15-25(26)36-28(34)22-11-7-9-20-8-3-4-10-21(20)22/h3-17H,2,18H2,1H3,(H,32,33)/b30-17-. The van der Waals surface area contributed by atoms with Gasteiger partial charge in [-0.3, -0.25) is 4.79 Å². The van der Waals surface area contributed by atoms with E-state index in [1.165, 1.54) is 18.0 Å². The minimum Gasteiger partial charge on any atom is -0.490 e. The molecular weight excluding hydrogens is 502 g/mol. The van der Waals surface area contributed by atoms with Crippen molar-refractivity contribution < 1.29 is 23.5 Å². The number of carbonyl (C=O) groups is 2. The van der Waals surface area contributed by atoms with Crippen molar-refractivity contribution in [2.45, 2.75) is 12.1 Å². The van der Waals surface area contributed by atoms with Crippen LogP contribution in [0.2, 0.25) is 0 Å². The molecule has 9 heteroatoms. The largest absolute Gasteiger partial charge is 0.490 e. The number of thioether (sulfide) groups is 1. The lowest BCUT2D eigenvalue weighted by Crippen LogP contribution is -2.19. The fourth-order valence-electron chi connectivity index (χ4n) is 3.77. The number of aromatic nitrogens is 1. The van der Waals surface area contributed by atoms with Gasteiger partial charge in [-0.1, -0.05) is 60.3 Å². The number of hydrogen-bond donors (Lipinski definition) is 1. The summed E-state index contributed by atoms with van der Waals surface area (Å²) in [7, 11) is 0. The second-order valence-corrected chi connectivity index (χ2v) is 9.01. The summed E-state index contributed by atoms with van der Waals surface area (Å²) in [5.74, 6) is -0.00661. The van der Waals surface area contributed by atoms with E-state index in [1.807, 2.05) is 67.6 Å². The third-order valence-corrected chi connectivity index (χ3v) is 6.31. The number of carbonyl (C=O) groups excluding carboxylic acids is 2. The van der Waals surface area contributed by atoms with Crippen molar-refractivity contribution in [1.29, 1.82) is 0 Å². The molecular formula is C29H23N3O5S. The molecule has 0 saturated carbocycles. The molecule has 0 spiro atoms. The van der Waals surface area contributed by atoms with Crippen LogP contribution in [0.15, 0.2) is 99.7 Å². The first-order valence-electron chi connectivity index (χ1n) is 11.9. The highest BCUT2D eigenvalue weighted by Crippen LogP contribution is 2.30. The number of fused-ring (bicyclic) bond motifs is 2. The second-order valence-electron chi connectivity index (χ2n) is 8.08. The van der Waals surface area contributed by atoms with Gasteiger partial charge in [0.2, 0.25) is 0 Å². The first-order valence-corrected chi connectivity index (χ1v) is 12.9.